The number of halogens is 1. The third-order valence-electron chi connectivity index (χ3n) is 5.08. The lowest BCUT2D eigenvalue weighted by Gasteiger charge is -2.19. The van der Waals surface area contributed by atoms with E-state index in [2.05, 4.69) is 10.3 Å². The van der Waals surface area contributed by atoms with Crippen molar-refractivity contribution in [2.24, 2.45) is 0 Å². The highest BCUT2D eigenvalue weighted by Crippen LogP contribution is 2.27. The molecule has 1 heterocycles. The Balaban J connectivity index is 2.23. The summed E-state index contributed by atoms with van der Waals surface area (Å²) in [6.07, 6.45) is 0.353. The third kappa shape index (κ3) is 5.34. The molecule has 1 aromatic carbocycles. The first-order chi connectivity index (χ1) is 14.6. The molecule has 0 atom stereocenters. The van der Waals surface area contributed by atoms with Gasteiger partial charge in [0.15, 0.2) is 0 Å². The first kappa shape index (κ1) is 24.6. The zero-order valence-corrected chi connectivity index (χ0v) is 19.4. The lowest BCUT2D eigenvalue weighted by Crippen LogP contribution is -2.30. The van der Waals surface area contributed by atoms with Crippen LogP contribution in [0.15, 0.2) is 27.9 Å². The molecule has 2 N–H and O–H groups in total. The summed E-state index contributed by atoms with van der Waals surface area (Å²) in [6, 6.07) is 6.07. The molecule has 0 bridgehead atoms. The molecule has 8 nitrogen and oxygen atoms in total. The molecule has 0 aliphatic heterocycles. The van der Waals surface area contributed by atoms with Gasteiger partial charge in [-0.05, 0) is 49.6 Å². The monoisotopic (exact) mass is 464 g/mol. The normalized spacial score (nSPS) is 11.4. The van der Waals surface area contributed by atoms with Crippen molar-refractivity contribution in [2.75, 3.05) is 18.4 Å². The molecule has 31 heavy (non-hydrogen) atoms. The van der Waals surface area contributed by atoms with E-state index < -0.39 is 15.6 Å². The number of nitrogens with one attached hydrogen (secondary N) is 2. The van der Waals surface area contributed by atoms with Gasteiger partial charge in [0, 0.05) is 25.2 Å². The van der Waals surface area contributed by atoms with Crippen molar-refractivity contribution < 1.29 is 13.2 Å². The molecule has 0 spiro atoms. The Morgan fingerprint density at radius 3 is 2.48 bits per heavy atom. The van der Waals surface area contributed by atoms with E-state index in [0.29, 0.717) is 30.8 Å². The Hall–Kier alpha value is -2.67. The highest BCUT2D eigenvalue weighted by molar-refractivity contribution is 7.89. The van der Waals surface area contributed by atoms with Crippen molar-refractivity contribution in [1.29, 1.82) is 5.26 Å². The van der Waals surface area contributed by atoms with E-state index in [0.717, 1.165) is 5.56 Å². The molecule has 1 amide bonds. The van der Waals surface area contributed by atoms with Crippen LogP contribution in [0, 0.1) is 25.2 Å². The summed E-state index contributed by atoms with van der Waals surface area (Å²) in [5, 5.41) is 12.0. The number of amides is 1. The van der Waals surface area contributed by atoms with Gasteiger partial charge in [0.05, 0.1) is 15.6 Å². The highest BCUT2D eigenvalue weighted by Gasteiger charge is 2.23. The predicted octanol–water partition coefficient (Wildman–Crippen LogP) is 3.12. The lowest BCUT2D eigenvalue weighted by atomic mass is 9.99. The van der Waals surface area contributed by atoms with Crippen LogP contribution in [0.1, 0.15) is 42.7 Å². The van der Waals surface area contributed by atoms with Gasteiger partial charge >= 0.3 is 0 Å². The molecule has 10 heteroatoms. The van der Waals surface area contributed by atoms with Gasteiger partial charge in [-0.2, -0.15) is 9.57 Å². The Morgan fingerprint density at radius 1 is 1.26 bits per heavy atom. The zero-order chi connectivity index (χ0) is 23.3. The van der Waals surface area contributed by atoms with Crippen molar-refractivity contribution in [3.05, 3.63) is 56.0 Å². The minimum Gasteiger partial charge on any atom is -0.325 e. The average molecular weight is 465 g/mol. The zero-order valence-electron chi connectivity index (χ0n) is 17.9. The first-order valence-electron chi connectivity index (χ1n) is 9.78. The van der Waals surface area contributed by atoms with Crippen molar-refractivity contribution in [1.82, 2.24) is 9.29 Å². The van der Waals surface area contributed by atoms with Gasteiger partial charge in [-0.15, -0.1) is 0 Å². The molecule has 0 unspecified atom stereocenters. The third-order valence-corrected chi connectivity index (χ3v) is 7.45. The number of benzene rings is 1. The predicted molar refractivity (Wildman–Crippen MR) is 120 cm³/mol. The molecule has 2 aromatic rings. The fourth-order valence-electron chi connectivity index (χ4n) is 3.34. The summed E-state index contributed by atoms with van der Waals surface area (Å²) in [5.41, 5.74) is 1.63. The second kappa shape index (κ2) is 10.1. The van der Waals surface area contributed by atoms with Crippen LogP contribution in [0.3, 0.4) is 0 Å². The largest absolute Gasteiger partial charge is 0.325 e. The average Bonchev–Trinajstić information content (AvgIpc) is 2.70. The maximum absolute atomic E-state index is 12.7. The van der Waals surface area contributed by atoms with E-state index in [1.54, 1.807) is 27.7 Å². The molecule has 1 aromatic heterocycles. The minimum atomic E-state index is -3.70. The van der Waals surface area contributed by atoms with Crippen LogP contribution in [0.4, 0.5) is 5.69 Å². The number of aryl methyl sites for hydroxylation is 1. The fraction of sp³-hybridized carbons (Fsp3) is 0.381. The number of H-pyrrole nitrogens is 1. The van der Waals surface area contributed by atoms with E-state index in [1.165, 1.54) is 22.5 Å². The number of nitriles is 1. The van der Waals surface area contributed by atoms with Gasteiger partial charge in [0.25, 0.3) is 5.56 Å². The molecule has 0 fully saturated rings. The van der Waals surface area contributed by atoms with Crippen molar-refractivity contribution in [2.45, 2.75) is 45.4 Å². The van der Waals surface area contributed by atoms with E-state index in [4.69, 9.17) is 16.9 Å². The van der Waals surface area contributed by atoms with Gasteiger partial charge in [0.1, 0.15) is 11.6 Å². The molecule has 166 valence electrons. The van der Waals surface area contributed by atoms with E-state index in [1.807, 2.05) is 6.07 Å². The Morgan fingerprint density at radius 2 is 1.90 bits per heavy atom. The number of hydrogen-bond acceptors (Lipinski definition) is 5. The summed E-state index contributed by atoms with van der Waals surface area (Å²) < 4.78 is 26.8. The number of nitrogens with zero attached hydrogens (tertiary/aromatic N) is 2. The van der Waals surface area contributed by atoms with Crippen LogP contribution in [0.25, 0.3) is 0 Å². The molecule has 0 aliphatic carbocycles. The molecular formula is C21H25ClN4O4S. The molecular weight excluding hydrogens is 440 g/mol. The summed E-state index contributed by atoms with van der Waals surface area (Å²) in [4.78, 5) is 27.0. The topological polar surface area (TPSA) is 123 Å². The smallest absolute Gasteiger partial charge is 0.266 e. The number of carbonyl (C=O) groups is 1. The van der Waals surface area contributed by atoms with Gasteiger partial charge < -0.3 is 10.3 Å². The second-order valence-electron chi connectivity index (χ2n) is 6.95. The first-order valence-corrected chi connectivity index (χ1v) is 11.6. The SMILES string of the molecule is CCN(CC)S(=O)(=O)c1ccc(Cl)c(NC(=O)CCc2c(C)[nH]c(=O)c(C#N)c2C)c1. The van der Waals surface area contributed by atoms with Crippen molar-refractivity contribution >= 4 is 33.2 Å². The Kier molecular flexibility index (Phi) is 8.01. The van der Waals surface area contributed by atoms with E-state index >= 15 is 0 Å². The Labute approximate surface area is 186 Å². The highest BCUT2D eigenvalue weighted by atomic mass is 35.5. The maximum atomic E-state index is 12.7. The van der Waals surface area contributed by atoms with E-state index in [-0.39, 0.29) is 33.5 Å². The molecule has 0 saturated heterocycles. The summed E-state index contributed by atoms with van der Waals surface area (Å²) >= 11 is 6.16. The summed E-state index contributed by atoms with van der Waals surface area (Å²) in [7, 11) is -3.70. The van der Waals surface area contributed by atoms with Crippen molar-refractivity contribution in [3.8, 4) is 6.07 Å². The van der Waals surface area contributed by atoms with Crippen LogP contribution in [-0.4, -0.2) is 36.7 Å². The summed E-state index contributed by atoms with van der Waals surface area (Å²) in [6.45, 7) is 7.53. The van der Waals surface area contributed by atoms with E-state index in [9.17, 15) is 18.0 Å². The number of pyridine rings is 1. The number of hydrogen-bond donors (Lipinski definition) is 2. The number of sulfonamides is 1. The fourth-order valence-corrected chi connectivity index (χ4v) is 4.99. The molecule has 0 saturated carbocycles. The molecule has 0 aliphatic rings. The lowest BCUT2D eigenvalue weighted by molar-refractivity contribution is -0.116. The number of aromatic nitrogens is 1. The quantitative estimate of drug-likeness (QED) is 0.621. The van der Waals surface area contributed by atoms with Crippen LogP contribution >= 0.6 is 11.6 Å². The molecule has 2 rings (SSSR count). The number of aromatic amines is 1. The van der Waals surface area contributed by atoms with Gasteiger partial charge in [-0.25, -0.2) is 8.42 Å². The number of carbonyl (C=O) groups excluding carboxylic acids is 1. The summed E-state index contributed by atoms with van der Waals surface area (Å²) in [5.74, 6) is -0.372. The van der Waals surface area contributed by atoms with Crippen LogP contribution < -0.4 is 10.9 Å². The van der Waals surface area contributed by atoms with Crippen LogP contribution in [0.5, 0.6) is 0 Å². The molecule has 0 radical (unpaired) electrons. The standard InChI is InChI=1S/C21H25ClN4O4S/c1-5-26(6-2)31(29,30)15-7-9-18(22)19(11-15)25-20(27)10-8-16-13(3)17(12-23)21(28)24-14(16)4/h7,9,11H,5-6,8,10H2,1-4H3,(H,24,28)(H,25,27). The van der Waals surface area contributed by atoms with Gasteiger partial charge in [0.2, 0.25) is 15.9 Å². The van der Waals surface area contributed by atoms with Crippen LogP contribution in [0.2, 0.25) is 5.02 Å². The number of anilines is 1. The number of rotatable bonds is 8. The second-order valence-corrected chi connectivity index (χ2v) is 9.29. The van der Waals surface area contributed by atoms with Crippen molar-refractivity contribution in [3.63, 3.8) is 0 Å². The van der Waals surface area contributed by atoms with Gasteiger partial charge in [-0.1, -0.05) is 25.4 Å². The van der Waals surface area contributed by atoms with Crippen LogP contribution in [-0.2, 0) is 21.2 Å². The van der Waals surface area contributed by atoms with Gasteiger partial charge in [-0.3, -0.25) is 9.59 Å². The maximum Gasteiger partial charge on any atom is 0.266 e. The minimum absolute atomic E-state index is 0.0263. The Bertz CT molecular complexity index is 1200.